The summed E-state index contributed by atoms with van der Waals surface area (Å²) in [6, 6.07) is 8.26. The standard InChI is InChI=1S/C9H20N2O3S.C8H8O3/c1-2-3-10-4-6-11(7-5-10)8-9-14-15(12)13;9-7(8(10)11)6-4-2-1-3-5-6/h15H,2-9H2,1H3;1-5,7,9H,(H,10,11). The van der Waals surface area contributed by atoms with E-state index in [9.17, 15) is 13.2 Å². The number of benzene rings is 1. The summed E-state index contributed by atoms with van der Waals surface area (Å²) in [6.45, 7) is 8.53. The van der Waals surface area contributed by atoms with Crippen molar-refractivity contribution in [2.24, 2.45) is 0 Å². The van der Waals surface area contributed by atoms with Gasteiger partial charge in [-0.05, 0) is 18.5 Å². The predicted octanol–water partition coefficient (Wildman–Crippen LogP) is 0.362. The number of carboxylic acid groups (broad SMARTS) is 1. The van der Waals surface area contributed by atoms with Gasteiger partial charge in [0, 0.05) is 32.7 Å². The van der Waals surface area contributed by atoms with Crippen molar-refractivity contribution in [3.8, 4) is 0 Å². The number of thiol groups is 1. The normalized spacial score (nSPS) is 16.7. The molecule has 0 spiro atoms. The summed E-state index contributed by atoms with van der Waals surface area (Å²) in [6.07, 6.45) is -0.212. The number of hydrogen-bond donors (Lipinski definition) is 3. The lowest BCUT2D eigenvalue weighted by Gasteiger charge is -2.34. The van der Waals surface area contributed by atoms with E-state index in [0.29, 0.717) is 12.1 Å². The first-order chi connectivity index (χ1) is 12.4. The van der Waals surface area contributed by atoms with Gasteiger partial charge in [-0.1, -0.05) is 37.3 Å². The molecular formula is C17H28N2O6S. The number of carbonyl (C=O) groups is 1. The molecule has 2 N–H and O–H groups in total. The summed E-state index contributed by atoms with van der Waals surface area (Å²) in [5, 5.41) is 17.4. The van der Waals surface area contributed by atoms with Crippen LogP contribution < -0.4 is 0 Å². The second-order valence-electron chi connectivity index (χ2n) is 5.89. The molecule has 0 amide bonds. The molecule has 0 radical (unpaired) electrons. The van der Waals surface area contributed by atoms with Crippen molar-refractivity contribution < 1.29 is 27.6 Å². The van der Waals surface area contributed by atoms with Gasteiger partial charge >= 0.3 is 5.97 Å². The molecule has 1 aliphatic heterocycles. The van der Waals surface area contributed by atoms with Crippen LogP contribution in [0.15, 0.2) is 30.3 Å². The van der Waals surface area contributed by atoms with Gasteiger partial charge in [0.1, 0.15) is 0 Å². The number of piperazine rings is 1. The summed E-state index contributed by atoms with van der Waals surface area (Å²) in [4.78, 5) is 14.9. The second kappa shape index (κ2) is 12.8. The number of carboxylic acids is 1. The number of hydrogen-bond acceptors (Lipinski definition) is 7. The first kappa shape index (κ1) is 22.5. The van der Waals surface area contributed by atoms with Crippen molar-refractivity contribution in [2.75, 3.05) is 45.9 Å². The molecule has 2 rings (SSSR count). The number of aliphatic carboxylic acids is 1. The van der Waals surface area contributed by atoms with Gasteiger partial charge in [-0.3, -0.25) is 9.08 Å². The van der Waals surface area contributed by atoms with E-state index >= 15 is 0 Å². The SMILES string of the molecule is CCCN1CCN(CCO[SH](=O)=O)CC1.O=C(O)C(O)c1ccccc1. The smallest absolute Gasteiger partial charge is 0.337 e. The lowest BCUT2D eigenvalue weighted by Crippen LogP contribution is -2.47. The number of nitrogens with zero attached hydrogens (tertiary/aromatic N) is 2. The summed E-state index contributed by atoms with van der Waals surface area (Å²) in [7, 11) is -2.68. The van der Waals surface area contributed by atoms with E-state index in [-0.39, 0.29) is 6.61 Å². The van der Waals surface area contributed by atoms with E-state index in [1.807, 2.05) is 0 Å². The molecule has 0 aliphatic carbocycles. The van der Waals surface area contributed by atoms with Crippen molar-refractivity contribution >= 4 is 17.0 Å². The number of aliphatic hydroxyl groups excluding tert-OH is 1. The lowest BCUT2D eigenvalue weighted by atomic mass is 10.1. The fraction of sp³-hybridized carbons (Fsp3) is 0.588. The largest absolute Gasteiger partial charge is 0.479 e. The molecule has 1 aromatic carbocycles. The molecule has 1 heterocycles. The molecule has 9 heteroatoms. The quantitative estimate of drug-likeness (QED) is 0.548. The van der Waals surface area contributed by atoms with Crippen LogP contribution >= 0.6 is 0 Å². The van der Waals surface area contributed by atoms with Crippen LogP contribution in [0.3, 0.4) is 0 Å². The topological polar surface area (TPSA) is 107 Å². The maximum absolute atomic E-state index is 10.2. The van der Waals surface area contributed by atoms with Gasteiger partial charge in [0.2, 0.25) is 0 Å². The Bertz CT molecular complexity index is 580. The van der Waals surface area contributed by atoms with E-state index in [0.717, 1.165) is 32.7 Å². The van der Waals surface area contributed by atoms with Crippen LogP contribution in [0.1, 0.15) is 25.0 Å². The van der Waals surface area contributed by atoms with Crippen LogP contribution in [0.5, 0.6) is 0 Å². The van der Waals surface area contributed by atoms with Crippen LogP contribution in [0, 0.1) is 0 Å². The molecule has 0 bridgehead atoms. The average molecular weight is 388 g/mol. The first-order valence-electron chi connectivity index (χ1n) is 8.61. The highest BCUT2D eigenvalue weighted by molar-refractivity contribution is 7.67. The van der Waals surface area contributed by atoms with Crippen LogP contribution in [0.2, 0.25) is 0 Å². The van der Waals surface area contributed by atoms with E-state index in [1.54, 1.807) is 30.3 Å². The zero-order chi connectivity index (χ0) is 19.4. The Morgan fingerprint density at radius 1 is 1.12 bits per heavy atom. The van der Waals surface area contributed by atoms with Crippen LogP contribution in [-0.4, -0.2) is 80.3 Å². The molecule has 1 atom stereocenters. The van der Waals surface area contributed by atoms with Crippen molar-refractivity contribution in [3.63, 3.8) is 0 Å². The van der Waals surface area contributed by atoms with Crippen molar-refractivity contribution in [1.82, 2.24) is 9.80 Å². The highest BCUT2D eigenvalue weighted by Gasteiger charge is 2.15. The van der Waals surface area contributed by atoms with Crippen molar-refractivity contribution in [2.45, 2.75) is 19.4 Å². The van der Waals surface area contributed by atoms with Crippen LogP contribution in [-0.2, 0) is 20.0 Å². The fourth-order valence-electron chi connectivity index (χ4n) is 2.58. The van der Waals surface area contributed by atoms with E-state index < -0.39 is 23.1 Å². The minimum absolute atomic E-state index is 0.284. The molecule has 148 valence electrons. The van der Waals surface area contributed by atoms with Gasteiger partial charge in [0.05, 0.1) is 6.61 Å². The van der Waals surface area contributed by atoms with Gasteiger partial charge in [0.25, 0.3) is 11.0 Å². The van der Waals surface area contributed by atoms with Crippen molar-refractivity contribution in [3.05, 3.63) is 35.9 Å². The Labute approximate surface area is 156 Å². The third-order valence-electron chi connectivity index (χ3n) is 3.96. The fourth-order valence-corrected chi connectivity index (χ4v) is 2.81. The Morgan fingerprint density at radius 3 is 2.12 bits per heavy atom. The molecule has 1 fully saturated rings. The molecule has 0 saturated carbocycles. The van der Waals surface area contributed by atoms with Gasteiger partial charge in [0.15, 0.2) is 6.10 Å². The minimum atomic E-state index is -2.68. The first-order valence-corrected chi connectivity index (χ1v) is 9.71. The zero-order valence-electron chi connectivity index (χ0n) is 15.0. The van der Waals surface area contributed by atoms with Gasteiger partial charge in [-0.25, -0.2) is 13.2 Å². The summed E-state index contributed by atoms with van der Waals surface area (Å²) < 4.78 is 24.8. The highest BCUT2D eigenvalue weighted by atomic mass is 32.2. The Hall–Kier alpha value is -1.52. The Kier molecular flexibility index (Phi) is 11.1. The minimum Gasteiger partial charge on any atom is -0.479 e. The van der Waals surface area contributed by atoms with Crippen molar-refractivity contribution in [1.29, 1.82) is 0 Å². The monoisotopic (exact) mass is 388 g/mol. The van der Waals surface area contributed by atoms with Gasteiger partial charge in [-0.15, -0.1) is 0 Å². The van der Waals surface area contributed by atoms with Crippen LogP contribution in [0.25, 0.3) is 0 Å². The molecular weight excluding hydrogens is 360 g/mol. The maximum atomic E-state index is 10.2. The third kappa shape index (κ3) is 9.25. The molecule has 1 aliphatic rings. The van der Waals surface area contributed by atoms with E-state index in [2.05, 4.69) is 20.9 Å². The Morgan fingerprint density at radius 2 is 1.65 bits per heavy atom. The molecule has 1 saturated heterocycles. The predicted molar refractivity (Wildman–Crippen MR) is 98.5 cm³/mol. The number of rotatable bonds is 8. The van der Waals surface area contributed by atoms with Crippen LogP contribution in [0.4, 0.5) is 0 Å². The molecule has 26 heavy (non-hydrogen) atoms. The van der Waals surface area contributed by atoms with E-state index in [4.69, 9.17) is 10.2 Å². The summed E-state index contributed by atoms with van der Waals surface area (Å²) in [5.41, 5.74) is 0.403. The molecule has 8 nitrogen and oxygen atoms in total. The molecule has 1 aromatic rings. The Balaban J connectivity index is 0.000000273. The highest BCUT2D eigenvalue weighted by Crippen LogP contribution is 2.11. The third-order valence-corrected chi connectivity index (χ3v) is 4.35. The summed E-state index contributed by atoms with van der Waals surface area (Å²) >= 11 is 0. The van der Waals surface area contributed by atoms with E-state index in [1.165, 1.54) is 6.42 Å². The average Bonchev–Trinajstić information content (AvgIpc) is 2.64. The summed E-state index contributed by atoms with van der Waals surface area (Å²) in [5.74, 6) is -1.23. The second-order valence-corrected chi connectivity index (χ2v) is 6.60. The molecule has 1 unspecified atom stereocenters. The van der Waals surface area contributed by atoms with Gasteiger partial charge < -0.3 is 15.1 Å². The zero-order valence-corrected chi connectivity index (χ0v) is 15.9. The molecule has 0 aromatic heterocycles. The maximum Gasteiger partial charge on any atom is 0.337 e. The number of aliphatic hydroxyl groups is 1. The van der Waals surface area contributed by atoms with Gasteiger partial charge in [-0.2, -0.15) is 0 Å². The lowest BCUT2D eigenvalue weighted by molar-refractivity contribution is -0.146.